The molecule has 0 saturated heterocycles. The largest absolute Gasteiger partial charge is 0.392 e. The molecule has 1 aliphatic carbocycles. The lowest BCUT2D eigenvalue weighted by Gasteiger charge is -2.17. The Morgan fingerprint density at radius 2 is 2.16 bits per heavy atom. The summed E-state index contributed by atoms with van der Waals surface area (Å²) in [7, 11) is 0. The number of aliphatic hydroxyl groups is 1. The molecule has 2 N–H and O–H groups in total. The van der Waals surface area contributed by atoms with E-state index in [2.05, 4.69) is 24.1 Å². The van der Waals surface area contributed by atoms with Gasteiger partial charge in [0.25, 0.3) is 0 Å². The van der Waals surface area contributed by atoms with Gasteiger partial charge in [-0.2, -0.15) is 0 Å². The summed E-state index contributed by atoms with van der Waals surface area (Å²) in [5, 5.41) is 14.7. The van der Waals surface area contributed by atoms with Gasteiger partial charge in [0.2, 0.25) is 0 Å². The normalized spacial score (nSPS) is 18.3. The zero-order chi connectivity index (χ0) is 13.7. The Balaban J connectivity index is 1.68. The second kappa shape index (κ2) is 7.36. The molecule has 3 nitrogen and oxygen atoms in total. The fraction of sp³-hybridized carbons (Fsp3) is 0.800. The lowest BCUT2D eigenvalue weighted by molar-refractivity contribution is 0.109. The average molecular weight is 282 g/mol. The van der Waals surface area contributed by atoms with Gasteiger partial charge in [0, 0.05) is 30.6 Å². The number of hydrogen-bond acceptors (Lipinski definition) is 4. The van der Waals surface area contributed by atoms with Crippen LogP contribution in [-0.2, 0) is 13.0 Å². The fourth-order valence-electron chi connectivity index (χ4n) is 2.73. The molecule has 19 heavy (non-hydrogen) atoms. The number of nitrogens with zero attached hydrogens (tertiary/aromatic N) is 1. The van der Waals surface area contributed by atoms with Crippen LogP contribution in [0.5, 0.6) is 0 Å². The molecule has 1 unspecified atom stereocenters. The predicted molar refractivity (Wildman–Crippen MR) is 80.3 cm³/mol. The standard InChI is InChI=1S/C15H26N2OS/c1-11(2)7-15-17-9-13(19-15)8-16-10-14(18)12-5-3-4-6-12/h9,11-12,14,16,18H,3-8,10H2,1-2H3. The molecule has 1 aromatic heterocycles. The van der Waals surface area contributed by atoms with Gasteiger partial charge in [-0.15, -0.1) is 11.3 Å². The first-order valence-electron chi connectivity index (χ1n) is 7.47. The first-order valence-corrected chi connectivity index (χ1v) is 8.29. The maximum atomic E-state index is 10.1. The molecule has 0 aromatic carbocycles. The molecule has 1 atom stereocenters. The minimum absolute atomic E-state index is 0.175. The van der Waals surface area contributed by atoms with Crippen LogP contribution in [0.4, 0.5) is 0 Å². The average Bonchev–Trinajstić information content (AvgIpc) is 2.99. The van der Waals surface area contributed by atoms with Crippen molar-refractivity contribution in [2.45, 2.75) is 58.6 Å². The van der Waals surface area contributed by atoms with Crippen molar-refractivity contribution >= 4 is 11.3 Å². The molecule has 0 amide bonds. The molecule has 1 heterocycles. The maximum Gasteiger partial charge on any atom is 0.0930 e. The van der Waals surface area contributed by atoms with Crippen molar-refractivity contribution in [1.29, 1.82) is 0 Å². The molecule has 4 heteroatoms. The first-order chi connectivity index (χ1) is 9.15. The Kier molecular flexibility index (Phi) is 5.79. The fourth-order valence-corrected chi connectivity index (χ4v) is 3.83. The van der Waals surface area contributed by atoms with Gasteiger partial charge < -0.3 is 10.4 Å². The van der Waals surface area contributed by atoms with Crippen LogP contribution in [0.25, 0.3) is 0 Å². The number of nitrogens with one attached hydrogen (secondary N) is 1. The van der Waals surface area contributed by atoms with Crippen molar-refractivity contribution in [1.82, 2.24) is 10.3 Å². The van der Waals surface area contributed by atoms with Gasteiger partial charge >= 0.3 is 0 Å². The van der Waals surface area contributed by atoms with E-state index in [0.29, 0.717) is 18.4 Å². The molecule has 0 aliphatic heterocycles. The predicted octanol–water partition coefficient (Wildman–Crippen LogP) is 2.98. The summed E-state index contributed by atoms with van der Waals surface area (Å²) in [6.07, 6.45) is 7.83. The highest BCUT2D eigenvalue weighted by Crippen LogP contribution is 2.27. The highest BCUT2D eigenvalue weighted by molar-refractivity contribution is 7.11. The molecular weight excluding hydrogens is 256 g/mol. The van der Waals surface area contributed by atoms with E-state index in [1.807, 2.05) is 6.20 Å². The number of rotatable bonds is 7. The lowest BCUT2D eigenvalue weighted by atomic mass is 10.0. The smallest absolute Gasteiger partial charge is 0.0930 e. The van der Waals surface area contributed by atoms with E-state index < -0.39 is 0 Å². The molecule has 1 fully saturated rings. The van der Waals surface area contributed by atoms with Gasteiger partial charge in [0.05, 0.1) is 11.1 Å². The van der Waals surface area contributed by atoms with Gasteiger partial charge in [-0.3, -0.25) is 0 Å². The number of aliphatic hydroxyl groups excluding tert-OH is 1. The summed E-state index contributed by atoms with van der Waals surface area (Å²) in [6.45, 7) is 5.98. The zero-order valence-electron chi connectivity index (χ0n) is 12.1. The zero-order valence-corrected chi connectivity index (χ0v) is 12.9. The van der Waals surface area contributed by atoms with Crippen LogP contribution < -0.4 is 5.32 Å². The van der Waals surface area contributed by atoms with Crippen molar-refractivity contribution in [2.75, 3.05) is 6.54 Å². The van der Waals surface area contributed by atoms with Crippen molar-refractivity contribution in [2.24, 2.45) is 11.8 Å². The highest BCUT2D eigenvalue weighted by Gasteiger charge is 2.22. The Bertz CT molecular complexity index is 372. The van der Waals surface area contributed by atoms with E-state index in [-0.39, 0.29) is 6.10 Å². The van der Waals surface area contributed by atoms with Gasteiger partial charge in [0.1, 0.15) is 0 Å². The monoisotopic (exact) mass is 282 g/mol. The van der Waals surface area contributed by atoms with Crippen LogP contribution in [0.15, 0.2) is 6.20 Å². The van der Waals surface area contributed by atoms with E-state index in [4.69, 9.17) is 0 Å². The molecule has 0 spiro atoms. The van der Waals surface area contributed by atoms with Crippen molar-refractivity contribution in [3.8, 4) is 0 Å². The third-order valence-electron chi connectivity index (χ3n) is 3.78. The maximum absolute atomic E-state index is 10.1. The first kappa shape index (κ1) is 14.9. The summed E-state index contributed by atoms with van der Waals surface area (Å²) < 4.78 is 0. The van der Waals surface area contributed by atoms with Crippen LogP contribution >= 0.6 is 11.3 Å². The van der Waals surface area contributed by atoms with E-state index in [1.165, 1.54) is 35.6 Å². The van der Waals surface area contributed by atoms with E-state index >= 15 is 0 Å². The van der Waals surface area contributed by atoms with Crippen molar-refractivity contribution < 1.29 is 5.11 Å². The number of hydrogen-bond donors (Lipinski definition) is 2. The summed E-state index contributed by atoms with van der Waals surface area (Å²) in [5.41, 5.74) is 0. The molecular formula is C15H26N2OS. The highest BCUT2D eigenvalue weighted by atomic mass is 32.1. The Labute approximate surface area is 120 Å². The third kappa shape index (κ3) is 4.86. The third-order valence-corrected chi connectivity index (χ3v) is 4.80. The SMILES string of the molecule is CC(C)Cc1ncc(CNCC(O)C2CCCC2)s1. The van der Waals surface area contributed by atoms with Gasteiger partial charge in [-0.1, -0.05) is 26.7 Å². The second-order valence-corrected chi connectivity index (χ2v) is 7.26. The molecule has 1 aromatic rings. The molecule has 0 bridgehead atoms. The molecule has 1 saturated carbocycles. The van der Waals surface area contributed by atoms with Crippen LogP contribution in [0.3, 0.4) is 0 Å². The molecule has 108 valence electrons. The van der Waals surface area contributed by atoms with Crippen molar-refractivity contribution in [3.63, 3.8) is 0 Å². The van der Waals surface area contributed by atoms with Crippen LogP contribution in [0, 0.1) is 11.8 Å². The summed E-state index contributed by atoms with van der Waals surface area (Å²) >= 11 is 1.79. The van der Waals surface area contributed by atoms with Gasteiger partial charge in [-0.05, 0) is 24.7 Å². The van der Waals surface area contributed by atoms with Crippen LogP contribution in [0.1, 0.15) is 49.4 Å². The molecule has 0 radical (unpaired) electrons. The van der Waals surface area contributed by atoms with Gasteiger partial charge in [0.15, 0.2) is 0 Å². The minimum Gasteiger partial charge on any atom is -0.392 e. The van der Waals surface area contributed by atoms with E-state index in [1.54, 1.807) is 11.3 Å². The topological polar surface area (TPSA) is 45.2 Å². The quantitative estimate of drug-likeness (QED) is 0.808. The van der Waals surface area contributed by atoms with E-state index in [9.17, 15) is 5.11 Å². The molecule has 1 aliphatic rings. The minimum atomic E-state index is -0.175. The van der Waals surface area contributed by atoms with Crippen LogP contribution in [0.2, 0.25) is 0 Å². The Morgan fingerprint density at radius 1 is 1.42 bits per heavy atom. The van der Waals surface area contributed by atoms with E-state index in [0.717, 1.165) is 13.0 Å². The number of aromatic nitrogens is 1. The second-order valence-electron chi connectivity index (χ2n) is 6.06. The number of thiazole rings is 1. The van der Waals surface area contributed by atoms with Gasteiger partial charge in [-0.25, -0.2) is 4.98 Å². The molecule has 2 rings (SSSR count). The lowest BCUT2D eigenvalue weighted by Crippen LogP contribution is -2.31. The summed E-state index contributed by atoms with van der Waals surface area (Å²) in [4.78, 5) is 5.72. The Hall–Kier alpha value is -0.450. The van der Waals surface area contributed by atoms with Crippen molar-refractivity contribution in [3.05, 3.63) is 16.1 Å². The Morgan fingerprint density at radius 3 is 2.84 bits per heavy atom. The summed E-state index contributed by atoms with van der Waals surface area (Å²) in [6, 6.07) is 0. The summed E-state index contributed by atoms with van der Waals surface area (Å²) in [5.74, 6) is 1.18. The van der Waals surface area contributed by atoms with Crippen LogP contribution in [-0.4, -0.2) is 22.7 Å².